The highest BCUT2D eigenvalue weighted by Crippen LogP contribution is 2.31. The van der Waals surface area contributed by atoms with Gasteiger partial charge in [-0.15, -0.1) is 0 Å². The first kappa shape index (κ1) is 20.6. The summed E-state index contributed by atoms with van der Waals surface area (Å²) in [5.41, 5.74) is 1.79. The molecule has 1 saturated heterocycles. The van der Waals surface area contributed by atoms with Crippen molar-refractivity contribution in [1.29, 1.82) is 0 Å². The summed E-state index contributed by atoms with van der Waals surface area (Å²) < 4.78 is 5.19. The zero-order chi connectivity index (χ0) is 20.8. The monoisotopic (exact) mass is 397 g/mol. The highest BCUT2D eigenvalue weighted by atomic mass is 16.6. The van der Waals surface area contributed by atoms with Crippen LogP contribution >= 0.6 is 0 Å². The van der Waals surface area contributed by atoms with Crippen LogP contribution in [-0.2, 0) is 4.79 Å². The first-order chi connectivity index (χ1) is 14.0. The molecule has 1 amide bonds. The predicted octanol–water partition coefficient (Wildman–Crippen LogP) is 4.09. The predicted molar refractivity (Wildman–Crippen MR) is 112 cm³/mol. The van der Waals surface area contributed by atoms with Gasteiger partial charge in [-0.3, -0.25) is 14.9 Å². The van der Waals surface area contributed by atoms with Crippen LogP contribution in [0, 0.1) is 16.0 Å². The van der Waals surface area contributed by atoms with E-state index in [1.54, 1.807) is 19.2 Å². The largest absolute Gasteiger partial charge is 0.497 e. The fourth-order valence-corrected chi connectivity index (χ4v) is 3.82. The number of ether oxygens (including phenoxy) is 1. The molecule has 0 bridgehead atoms. The van der Waals surface area contributed by atoms with E-state index in [0.29, 0.717) is 31.6 Å². The van der Waals surface area contributed by atoms with Crippen LogP contribution in [0.3, 0.4) is 0 Å². The molecule has 0 aliphatic carbocycles. The van der Waals surface area contributed by atoms with Crippen LogP contribution in [0.25, 0.3) is 0 Å². The quantitative estimate of drug-likeness (QED) is 0.562. The molecule has 2 aromatic rings. The van der Waals surface area contributed by atoms with E-state index in [0.717, 1.165) is 17.7 Å². The Morgan fingerprint density at radius 3 is 2.45 bits per heavy atom. The number of nitrogens with zero attached hydrogens (tertiary/aromatic N) is 2. The van der Waals surface area contributed by atoms with Crippen molar-refractivity contribution >= 4 is 17.3 Å². The normalized spacial score (nSPS) is 15.6. The minimum Gasteiger partial charge on any atom is -0.497 e. The van der Waals surface area contributed by atoms with E-state index in [-0.39, 0.29) is 28.5 Å². The molecule has 1 aliphatic rings. The molecule has 0 aromatic heterocycles. The second kappa shape index (κ2) is 9.41. The van der Waals surface area contributed by atoms with Crippen LogP contribution in [-0.4, -0.2) is 31.0 Å². The van der Waals surface area contributed by atoms with Crippen LogP contribution in [0.15, 0.2) is 48.5 Å². The number of hydrogen-bond donors (Lipinski definition) is 1. The van der Waals surface area contributed by atoms with Gasteiger partial charge in [-0.2, -0.15) is 0 Å². The van der Waals surface area contributed by atoms with Crippen molar-refractivity contribution in [2.75, 3.05) is 25.1 Å². The van der Waals surface area contributed by atoms with Gasteiger partial charge in [0.15, 0.2) is 0 Å². The van der Waals surface area contributed by atoms with Gasteiger partial charge in [-0.05, 0) is 43.0 Å². The number of benzene rings is 2. The summed E-state index contributed by atoms with van der Waals surface area (Å²) in [5.74, 6) is 0.758. The fourth-order valence-electron chi connectivity index (χ4n) is 3.82. The molecule has 1 heterocycles. The number of methoxy groups -OCH3 is 1. The lowest BCUT2D eigenvalue weighted by Gasteiger charge is -2.33. The van der Waals surface area contributed by atoms with Crippen molar-refractivity contribution in [3.05, 3.63) is 64.2 Å². The summed E-state index contributed by atoms with van der Waals surface area (Å²) in [6.45, 7) is 3.30. The Hall–Kier alpha value is -3.09. The first-order valence-electron chi connectivity index (χ1n) is 9.96. The first-order valence-corrected chi connectivity index (χ1v) is 9.96. The van der Waals surface area contributed by atoms with Crippen molar-refractivity contribution in [1.82, 2.24) is 5.32 Å². The van der Waals surface area contributed by atoms with Gasteiger partial charge in [0.1, 0.15) is 11.4 Å². The van der Waals surface area contributed by atoms with Crippen LogP contribution in [0.2, 0.25) is 0 Å². The zero-order valence-corrected chi connectivity index (χ0v) is 16.8. The Morgan fingerprint density at radius 2 is 1.86 bits per heavy atom. The standard InChI is InChI=1S/C22H27N3O4/c1-3-19(16-8-10-18(29-2)11-9-16)23-22(26)17-12-14-24(15-13-17)20-6-4-5-7-21(20)25(27)28/h4-11,17,19H,3,12-15H2,1-2H3,(H,23,26). The smallest absolute Gasteiger partial charge is 0.292 e. The molecule has 2 aromatic carbocycles. The summed E-state index contributed by atoms with van der Waals surface area (Å²) in [4.78, 5) is 25.7. The number of carbonyl (C=O) groups excluding carboxylic acids is 1. The maximum atomic E-state index is 12.8. The third-order valence-electron chi connectivity index (χ3n) is 5.53. The molecular weight excluding hydrogens is 370 g/mol. The van der Waals surface area contributed by atoms with Crippen molar-refractivity contribution < 1.29 is 14.5 Å². The van der Waals surface area contributed by atoms with Gasteiger partial charge in [0, 0.05) is 25.1 Å². The van der Waals surface area contributed by atoms with Gasteiger partial charge in [0.2, 0.25) is 5.91 Å². The lowest BCUT2D eigenvalue weighted by molar-refractivity contribution is -0.384. The summed E-state index contributed by atoms with van der Waals surface area (Å²) in [7, 11) is 1.63. The van der Waals surface area contributed by atoms with Crippen LogP contribution < -0.4 is 15.0 Å². The molecule has 1 unspecified atom stereocenters. The number of nitrogens with one attached hydrogen (secondary N) is 1. The van der Waals surface area contributed by atoms with E-state index in [4.69, 9.17) is 4.74 Å². The number of para-hydroxylation sites is 2. The number of hydrogen-bond acceptors (Lipinski definition) is 5. The number of anilines is 1. The second-order valence-corrected chi connectivity index (χ2v) is 7.25. The summed E-state index contributed by atoms with van der Waals surface area (Å²) >= 11 is 0. The van der Waals surface area contributed by atoms with Crippen molar-refractivity contribution in [3.8, 4) is 5.75 Å². The third-order valence-corrected chi connectivity index (χ3v) is 5.53. The SMILES string of the molecule is CCC(NC(=O)C1CCN(c2ccccc2[N+](=O)[O-])CC1)c1ccc(OC)cc1. The average Bonchev–Trinajstić information content (AvgIpc) is 2.77. The van der Waals surface area contributed by atoms with Crippen molar-refractivity contribution in [2.45, 2.75) is 32.2 Å². The molecule has 7 nitrogen and oxygen atoms in total. The Bertz CT molecular complexity index is 845. The number of nitro benzene ring substituents is 1. The molecule has 1 aliphatic heterocycles. The van der Waals surface area contributed by atoms with Crippen molar-refractivity contribution in [3.63, 3.8) is 0 Å². The van der Waals surface area contributed by atoms with Gasteiger partial charge >= 0.3 is 0 Å². The van der Waals surface area contributed by atoms with Gasteiger partial charge in [-0.1, -0.05) is 31.2 Å². The second-order valence-electron chi connectivity index (χ2n) is 7.25. The maximum absolute atomic E-state index is 12.8. The maximum Gasteiger partial charge on any atom is 0.292 e. The summed E-state index contributed by atoms with van der Waals surface area (Å²) in [5, 5.41) is 14.4. The van der Waals surface area contributed by atoms with E-state index in [1.807, 2.05) is 42.2 Å². The Balaban J connectivity index is 1.60. The lowest BCUT2D eigenvalue weighted by atomic mass is 9.94. The Kier molecular flexibility index (Phi) is 6.69. The molecule has 7 heteroatoms. The zero-order valence-electron chi connectivity index (χ0n) is 16.8. The van der Waals surface area contributed by atoms with Gasteiger partial charge in [-0.25, -0.2) is 0 Å². The van der Waals surface area contributed by atoms with E-state index >= 15 is 0 Å². The molecule has 1 N–H and O–H groups in total. The molecule has 0 radical (unpaired) electrons. The molecule has 3 rings (SSSR count). The van der Waals surface area contributed by atoms with Crippen LogP contribution in [0.5, 0.6) is 5.75 Å². The highest BCUT2D eigenvalue weighted by molar-refractivity contribution is 5.79. The number of amides is 1. The van der Waals surface area contributed by atoms with Crippen LogP contribution in [0.1, 0.15) is 37.8 Å². The molecule has 0 spiro atoms. The molecule has 29 heavy (non-hydrogen) atoms. The lowest BCUT2D eigenvalue weighted by Crippen LogP contribution is -2.41. The summed E-state index contributed by atoms with van der Waals surface area (Å²) in [6, 6.07) is 14.5. The topological polar surface area (TPSA) is 84.7 Å². The fraction of sp³-hybridized carbons (Fsp3) is 0.409. The summed E-state index contributed by atoms with van der Waals surface area (Å²) in [6.07, 6.45) is 2.15. The number of piperidine rings is 1. The van der Waals surface area contributed by atoms with E-state index in [1.165, 1.54) is 6.07 Å². The molecule has 1 fully saturated rings. The number of nitro groups is 1. The van der Waals surface area contributed by atoms with E-state index in [2.05, 4.69) is 5.32 Å². The molecule has 154 valence electrons. The third kappa shape index (κ3) is 4.85. The average molecular weight is 397 g/mol. The van der Waals surface area contributed by atoms with Gasteiger partial charge < -0.3 is 15.0 Å². The Morgan fingerprint density at radius 1 is 1.21 bits per heavy atom. The molecule has 1 atom stereocenters. The minimum atomic E-state index is -0.352. The number of carbonyl (C=O) groups is 1. The van der Waals surface area contributed by atoms with E-state index in [9.17, 15) is 14.9 Å². The number of rotatable bonds is 7. The van der Waals surface area contributed by atoms with Crippen LogP contribution in [0.4, 0.5) is 11.4 Å². The van der Waals surface area contributed by atoms with Crippen molar-refractivity contribution in [2.24, 2.45) is 5.92 Å². The van der Waals surface area contributed by atoms with E-state index < -0.39 is 0 Å². The van der Waals surface area contributed by atoms with Gasteiger partial charge in [0.05, 0.1) is 18.1 Å². The van der Waals surface area contributed by atoms with Gasteiger partial charge in [0.25, 0.3) is 5.69 Å². The molecular formula is C22H27N3O4. The highest BCUT2D eigenvalue weighted by Gasteiger charge is 2.29. The minimum absolute atomic E-state index is 0.0401. The Labute approximate surface area is 170 Å². The molecule has 0 saturated carbocycles.